The van der Waals surface area contributed by atoms with Crippen molar-refractivity contribution in [3.63, 3.8) is 0 Å². The van der Waals surface area contributed by atoms with Crippen LogP contribution in [0.4, 0.5) is 0 Å². The number of thiophene rings is 1. The largest absolute Gasteiger partial charge is 0.309 e. The average molecular weight is 722 g/mol. The molecule has 3 aromatic heterocycles. The Bertz CT molecular complexity index is 3150. The first-order chi connectivity index (χ1) is 27.2. The van der Waals surface area contributed by atoms with Gasteiger partial charge in [-0.3, -0.25) is 0 Å². The predicted octanol–water partition coefficient (Wildman–Crippen LogP) is 14.2. The van der Waals surface area contributed by atoms with Crippen LogP contribution in [0.3, 0.4) is 0 Å². The Hall–Kier alpha value is -6.88. The highest BCUT2D eigenvalue weighted by Gasteiger charge is 2.20. The van der Waals surface area contributed by atoms with Crippen molar-refractivity contribution in [2.75, 3.05) is 0 Å². The summed E-state index contributed by atoms with van der Waals surface area (Å²) in [4.78, 5) is 10.2. The Morgan fingerprint density at radius 2 is 1.31 bits per heavy atom. The number of hydrogen-bond donors (Lipinski definition) is 0. The van der Waals surface area contributed by atoms with Crippen LogP contribution in [0.2, 0.25) is 0 Å². The highest BCUT2D eigenvalue weighted by molar-refractivity contribution is 7.26. The van der Waals surface area contributed by atoms with E-state index in [1.165, 1.54) is 63.9 Å². The lowest BCUT2D eigenvalue weighted by Crippen LogP contribution is -1.98. The molecular weight excluding hydrogens is 687 g/mol. The minimum absolute atomic E-state index is 0.672. The van der Waals surface area contributed by atoms with Crippen molar-refractivity contribution in [3.8, 4) is 39.5 Å². The maximum atomic E-state index is 5.08. The molecule has 10 rings (SSSR count). The van der Waals surface area contributed by atoms with Gasteiger partial charge in [-0.1, -0.05) is 134 Å². The molecule has 0 fully saturated rings. The van der Waals surface area contributed by atoms with Gasteiger partial charge in [0.05, 0.1) is 22.4 Å². The molecule has 0 aliphatic carbocycles. The molecule has 0 bridgehead atoms. The van der Waals surface area contributed by atoms with E-state index in [1.807, 2.05) is 66.8 Å². The molecular formula is C51H35N3S. The van der Waals surface area contributed by atoms with Crippen LogP contribution in [0.15, 0.2) is 189 Å². The summed E-state index contributed by atoms with van der Waals surface area (Å²) in [6, 6.07) is 56.5. The molecule has 0 saturated carbocycles. The van der Waals surface area contributed by atoms with Crippen LogP contribution >= 0.6 is 11.3 Å². The molecule has 260 valence electrons. The normalized spacial score (nSPS) is 12.2. The Morgan fingerprint density at radius 3 is 2.09 bits per heavy atom. The summed E-state index contributed by atoms with van der Waals surface area (Å²) in [5, 5.41) is 7.67. The molecule has 0 spiro atoms. The summed E-state index contributed by atoms with van der Waals surface area (Å²) in [5.41, 5.74) is 10.6. The first-order valence-corrected chi connectivity index (χ1v) is 19.4. The van der Waals surface area contributed by atoms with E-state index in [0.717, 1.165) is 33.8 Å². The molecule has 0 amide bonds. The maximum absolute atomic E-state index is 5.08. The van der Waals surface area contributed by atoms with E-state index in [0.29, 0.717) is 5.82 Å². The summed E-state index contributed by atoms with van der Waals surface area (Å²) in [5.74, 6) is 0.672. The van der Waals surface area contributed by atoms with E-state index < -0.39 is 0 Å². The highest BCUT2D eigenvalue weighted by atomic mass is 32.1. The van der Waals surface area contributed by atoms with Gasteiger partial charge in [-0.2, -0.15) is 0 Å². The Labute approximate surface area is 323 Å². The molecule has 3 nitrogen and oxygen atoms in total. The fraction of sp³-hybridized carbons (Fsp3) is 0.0196. The van der Waals surface area contributed by atoms with E-state index in [4.69, 9.17) is 9.97 Å². The molecule has 0 atom stereocenters. The van der Waals surface area contributed by atoms with Crippen molar-refractivity contribution in [2.24, 2.45) is 0 Å². The van der Waals surface area contributed by atoms with Gasteiger partial charge in [0, 0.05) is 47.8 Å². The fourth-order valence-corrected chi connectivity index (χ4v) is 9.11. The zero-order valence-corrected chi connectivity index (χ0v) is 31.1. The van der Waals surface area contributed by atoms with E-state index in [-0.39, 0.29) is 0 Å². The summed E-state index contributed by atoms with van der Waals surface area (Å²) in [6.07, 6.45) is 7.91. The number of hydrogen-bond acceptors (Lipinski definition) is 3. The Balaban J connectivity index is 1.17. The van der Waals surface area contributed by atoms with Gasteiger partial charge in [0.2, 0.25) is 0 Å². The van der Waals surface area contributed by atoms with Crippen LogP contribution in [0.5, 0.6) is 0 Å². The van der Waals surface area contributed by atoms with E-state index in [2.05, 4.69) is 145 Å². The second-order valence-corrected chi connectivity index (χ2v) is 14.8. The van der Waals surface area contributed by atoms with Gasteiger partial charge in [0.25, 0.3) is 0 Å². The molecule has 0 unspecified atom stereocenters. The van der Waals surface area contributed by atoms with Crippen molar-refractivity contribution < 1.29 is 0 Å². The number of nitrogens with zero attached hydrogens (tertiary/aromatic N) is 3. The van der Waals surface area contributed by atoms with Crippen molar-refractivity contribution in [2.45, 2.75) is 6.92 Å². The lowest BCUT2D eigenvalue weighted by molar-refractivity contribution is 1.15. The van der Waals surface area contributed by atoms with Crippen molar-refractivity contribution in [3.05, 3.63) is 194 Å². The van der Waals surface area contributed by atoms with Crippen LogP contribution in [0.25, 0.3) is 97.8 Å². The third-order valence-corrected chi connectivity index (χ3v) is 11.7. The fourth-order valence-electron chi connectivity index (χ4n) is 7.88. The Morgan fingerprint density at radius 1 is 0.600 bits per heavy atom. The van der Waals surface area contributed by atoms with E-state index in [9.17, 15) is 0 Å². The van der Waals surface area contributed by atoms with Crippen LogP contribution in [-0.4, -0.2) is 14.5 Å². The van der Waals surface area contributed by atoms with Crippen LogP contribution in [0, 0.1) is 0 Å². The average Bonchev–Trinajstić information content (AvgIpc) is 3.80. The number of aromatic nitrogens is 3. The molecule has 3 heterocycles. The lowest BCUT2D eigenvalue weighted by atomic mass is 10.0. The zero-order chi connectivity index (χ0) is 36.9. The van der Waals surface area contributed by atoms with Gasteiger partial charge < -0.3 is 4.57 Å². The van der Waals surface area contributed by atoms with E-state index >= 15 is 0 Å². The number of fused-ring (bicyclic) bond motifs is 9. The topological polar surface area (TPSA) is 30.7 Å². The lowest BCUT2D eigenvalue weighted by Gasteiger charge is -2.12. The first-order valence-electron chi connectivity index (χ1n) is 18.6. The standard InChI is InChI=1S/C51H35N3S/c1-3-5-14-33(4-2)43-32-44(36-18-10-7-11-19-36)53-51(52-43)37-21-25-39(26-22-37)54-45-28-23-35-17-12-13-20-40(35)48(45)49-46(54)29-27-41-42-31-38(34-15-8-6-9-16-34)24-30-47(42)55-50(41)49/h3-32H,2H2,1H3/b5-3-,33-14+. The molecule has 7 aromatic carbocycles. The Kier molecular flexibility index (Phi) is 8.05. The summed E-state index contributed by atoms with van der Waals surface area (Å²) < 4.78 is 5.03. The third-order valence-electron chi connectivity index (χ3n) is 10.5. The number of benzene rings is 7. The van der Waals surface area contributed by atoms with Crippen LogP contribution < -0.4 is 0 Å². The van der Waals surface area contributed by atoms with Crippen molar-refractivity contribution >= 4 is 69.7 Å². The molecule has 10 aromatic rings. The van der Waals surface area contributed by atoms with Crippen LogP contribution in [0.1, 0.15) is 12.6 Å². The van der Waals surface area contributed by atoms with Gasteiger partial charge in [0.1, 0.15) is 0 Å². The quantitative estimate of drug-likeness (QED) is 0.153. The molecule has 0 N–H and O–H groups in total. The minimum atomic E-state index is 0.672. The van der Waals surface area contributed by atoms with Gasteiger partial charge in [-0.25, -0.2) is 9.97 Å². The SMILES string of the molecule is C=C/C(=C\C=C/C)c1cc(-c2ccccc2)nc(-c2ccc(-n3c4ccc5ccccc5c4c4c5sc6ccc(-c7ccccc7)cc6c5ccc43)cc2)n1. The van der Waals surface area contributed by atoms with Gasteiger partial charge in [0.15, 0.2) is 5.82 Å². The summed E-state index contributed by atoms with van der Waals surface area (Å²) in [7, 11) is 0. The second-order valence-electron chi connectivity index (χ2n) is 13.8. The molecule has 55 heavy (non-hydrogen) atoms. The second kappa shape index (κ2) is 13.5. The summed E-state index contributed by atoms with van der Waals surface area (Å²) in [6.45, 7) is 6.09. The van der Waals surface area contributed by atoms with Crippen molar-refractivity contribution in [1.82, 2.24) is 14.5 Å². The molecule has 4 heteroatoms. The monoisotopic (exact) mass is 721 g/mol. The summed E-state index contributed by atoms with van der Waals surface area (Å²) >= 11 is 1.89. The maximum Gasteiger partial charge on any atom is 0.160 e. The molecule has 0 aliphatic rings. The highest BCUT2D eigenvalue weighted by Crippen LogP contribution is 2.46. The minimum Gasteiger partial charge on any atom is -0.309 e. The zero-order valence-electron chi connectivity index (χ0n) is 30.3. The van der Waals surface area contributed by atoms with Crippen LogP contribution in [-0.2, 0) is 0 Å². The molecule has 0 saturated heterocycles. The number of allylic oxidation sites excluding steroid dienone is 5. The molecule has 0 radical (unpaired) electrons. The molecule has 0 aliphatic heterocycles. The van der Waals surface area contributed by atoms with E-state index in [1.54, 1.807) is 0 Å². The van der Waals surface area contributed by atoms with Gasteiger partial charge in [-0.15, -0.1) is 11.3 Å². The third kappa shape index (κ3) is 5.58. The predicted molar refractivity (Wildman–Crippen MR) is 236 cm³/mol. The first kappa shape index (κ1) is 32.7. The van der Waals surface area contributed by atoms with Gasteiger partial charge >= 0.3 is 0 Å². The van der Waals surface area contributed by atoms with Gasteiger partial charge in [-0.05, 0) is 89.0 Å². The smallest absolute Gasteiger partial charge is 0.160 e. The number of rotatable bonds is 7. The van der Waals surface area contributed by atoms with Crippen molar-refractivity contribution in [1.29, 1.82) is 0 Å².